The Morgan fingerprint density at radius 3 is 2.56 bits per heavy atom. The van der Waals surface area contributed by atoms with Crippen LogP contribution >= 0.6 is 0 Å². The lowest BCUT2D eigenvalue weighted by atomic mass is 9.88. The highest BCUT2D eigenvalue weighted by Gasteiger charge is 2.55. The van der Waals surface area contributed by atoms with Crippen LogP contribution in [-0.4, -0.2) is 80.2 Å². The first-order valence-corrected chi connectivity index (χ1v) is 13.7. The van der Waals surface area contributed by atoms with E-state index in [1.807, 2.05) is 25.1 Å². The second kappa shape index (κ2) is 11.2. The van der Waals surface area contributed by atoms with Crippen LogP contribution in [0.2, 0.25) is 0 Å². The van der Waals surface area contributed by atoms with E-state index in [0.29, 0.717) is 31.8 Å². The standard InChI is InChI=1S/C26H34N2O7S/c1-19-18-21(6-7-22(19)23-4-3-5-24(27-23)35-17-14-29)20-8-12-28(13-9-20)36(31,32)26(25(30)33-2)10-15-34-16-11-26/h3-7,18,20,29H,8-17H2,1-2H3. The number of esters is 1. The first-order chi connectivity index (χ1) is 17.3. The van der Waals surface area contributed by atoms with Crippen LogP contribution in [0.4, 0.5) is 0 Å². The van der Waals surface area contributed by atoms with Crippen molar-refractivity contribution in [3.05, 3.63) is 47.5 Å². The maximum Gasteiger partial charge on any atom is 0.328 e. The van der Waals surface area contributed by atoms with Gasteiger partial charge in [0.1, 0.15) is 6.61 Å². The van der Waals surface area contributed by atoms with Gasteiger partial charge in [0, 0.05) is 50.8 Å². The summed E-state index contributed by atoms with van der Waals surface area (Å²) in [5.74, 6) is -0.00779. The number of hydrogen-bond acceptors (Lipinski definition) is 8. The van der Waals surface area contributed by atoms with Gasteiger partial charge in [0.2, 0.25) is 15.9 Å². The highest BCUT2D eigenvalue weighted by Crippen LogP contribution is 2.38. The lowest BCUT2D eigenvalue weighted by molar-refractivity contribution is -0.146. The number of aryl methyl sites for hydroxylation is 1. The number of rotatable bonds is 8. The van der Waals surface area contributed by atoms with Crippen molar-refractivity contribution in [2.45, 2.75) is 43.3 Å². The number of piperidine rings is 1. The molecule has 1 aromatic heterocycles. The van der Waals surface area contributed by atoms with Crippen LogP contribution in [0.1, 0.15) is 42.7 Å². The quantitative estimate of drug-likeness (QED) is 0.531. The van der Waals surface area contributed by atoms with Gasteiger partial charge < -0.3 is 19.3 Å². The molecule has 10 heteroatoms. The summed E-state index contributed by atoms with van der Waals surface area (Å²) in [6, 6.07) is 11.8. The molecule has 0 atom stereocenters. The van der Waals surface area contributed by atoms with Gasteiger partial charge in [-0.2, -0.15) is 0 Å². The lowest BCUT2D eigenvalue weighted by Crippen LogP contribution is -2.57. The van der Waals surface area contributed by atoms with Crippen LogP contribution in [0.25, 0.3) is 11.3 Å². The molecule has 1 N–H and O–H groups in total. The van der Waals surface area contributed by atoms with Crippen molar-refractivity contribution in [2.24, 2.45) is 0 Å². The topological polar surface area (TPSA) is 115 Å². The van der Waals surface area contributed by atoms with E-state index in [-0.39, 0.29) is 45.2 Å². The van der Waals surface area contributed by atoms with Gasteiger partial charge in [-0.05, 0) is 42.9 Å². The number of carbonyl (C=O) groups is 1. The van der Waals surface area contributed by atoms with Crippen molar-refractivity contribution in [3.63, 3.8) is 0 Å². The second-order valence-electron chi connectivity index (χ2n) is 9.28. The van der Waals surface area contributed by atoms with E-state index in [0.717, 1.165) is 22.4 Å². The molecule has 0 spiro atoms. The van der Waals surface area contributed by atoms with E-state index in [4.69, 9.17) is 19.3 Å². The summed E-state index contributed by atoms with van der Waals surface area (Å²) in [5, 5.41) is 8.97. The molecule has 9 nitrogen and oxygen atoms in total. The van der Waals surface area contributed by atoms with Crippen molar-refractivity contribution in [1.29, 1.82) is 0 Å². The lowest BCUT2D eigenvalue weighted by Gasteiger charge is -2.40. The number of carbonyl (C=O) groups excluding carboxylic acids is 1. The zero-order valence-corrected chi connectivity index (χ0v) is 21.6. The number of hydrogen-bond donors (Lipinski definition) is 1. The number of aliphatic hydroxyl groups is 1. The maximum atomic E-state index is 13.6. The molecule has 0 radical (unpaired) electrons. The number of methoxy groups -OCH3 is 1. The van der Waals surface area contributed by atoms with Crippen LogP contribution in [0, 0.1) is 6.92 Å². The van der Waals surface area contributed by atoms with Crippen LogP contribution in [0.15, 0.2) is 36.4 Å². The van der Waals surface area contributed by atoms with Crippen molar-refractivity contribution < 1.29 is 32.5 Å². The Balaban J connectivity index is 1.47. The minimum absolute atomic E-state index is 0.0716. The van der Waals surface area contributed by atoms with Gasteiger partial charge >= 0.3 is 5.97 Å². The fourth-order valence-corrected chi connectivity index (χ4v) is 7.32. The number of pyridine rings is 1. The largest absolute Gasteiger partial charge is 0.475 e. The van der Waals surface area contributed by atoms with Gasteiger partial charge in [0.25, 0.3) is 0 Å². The average molecular weight is 519 g/mol. The summed E-state index contributed by atoms with van der Waals surface area (Å²) in [5.41, 5.74) is 4.02. The molecule has 4 rings (SSSR count). The summed E-state index contributed by atoms with van der Waals surface area (Å²) in [6.45, 7) is 3.32. The number of benzene rings is 1. The molecule has 2 aromatic rings. The van der Waals surface area contributed by atoms with E-state index in [1.165, 1.54) is 11.4 Å². The monoisotopic (exact) mass is 518 g/mol. The molecule has 2 aliphatic rings. The Bertz CT molecular complexity index is 1170. The number of aliphatic hydroxyl groups excluding tert-OH is 1. The van der Waals surface area contributed by atoms with Gasteiger partial charge in [0.05, 0.1) is 19.4 Å². The molecule has 1 aromatic carbocycles. The summed E-state index contributed by atoms with van der Waals surface area (Å²) < 4.78 is 42.8. The first-order valence-electron chi connectivity index (χ1n) is 12.3. The summed E-state index contributed by atoms with van der Waals surface area (Å²) in [6.07, 6.45) is 1.58. The molecule has 2 saturated heterocycles. The minimum atomic E-state index is -3.88. The van der Waals surface area contributed by atoms with E-state index < -0.39 is 20.7 Å². The predicted molar refractivity (Wildman–Crippen MR) is 134 cm³/mol. The zero-order chi connectivity index (χ0) is 25.8. The molecule has 0 aliphatic carbocycles. The SMILES string of the molecule is COC(=O)C1(S(=O)(=O)N2CCC(c3ccc(-c4cccc(OCCO)n4)c(C)c3)CC2)CCOCC1. The zero-order valence-electron chi connectivity index (χ0n) is 20.8. The van der Waals surface area contributed by atoms with Crippen LogP contribution < -0.4 is 4.74 Å². The fraction of sp³-hybridized carbons (Fsp3) is 0.538. The smallest absolute Gasteiger partial charge is 0.328 e. The number of sulfonamides is 1. The Morgan fingerprint density at radius 1 is 1.19 bits per heavy atom. The molecule has 0 unspecified atom stereocenters. The van der Waals surface area contributed by atoms with Crippen molar-refractivity contribution in [3.8, 4) is 17.1 Å². The number of ether oxygens (including phenoxy) is 3. The third-order valence-corrected chi connectivity index (χ3v) is 9.82. The highest BCUT2D eigenvalue weighted by molar-refractivity contribution is 7.91. The van der Waals surface area contributed by atoms with E-state index in [2.05, 4.69) is 17.1 Å². The number of nitrogens with zero attached hydrogens (tertiary/aromatic N) is 2. The van der Waals surface area contributed by atoms with Crippen molar-refractivity contribution in [2.75, 3.05) is 46.6 Å². The maximum absolute atomic E-state index is 13.6. The third kappa shape index (κ3) is 5.13. The predicted octanol–water partition coefficient (Wildman–Crippen LogP) is 2.66. The highest BCUT2D eigenvalue weighted by atomic mass is 32.2. The van der Waals surface area contributed by atoms with Gasteiger partial charge in [0.15, 0.2) is 4.75 Å². The Morgan fingerprint density at radius 2 is 1.92 bits per heavy atom. The second-order valence-corrected chi connectivity index (χ2v) is 11.5. The molecule has 36 heavy (non-hydrogen) atoms. The Kier molecular flexibility index (Phi) is 8.29. The summed E-state index contributed by atoms with van der Waals surface area (Å²) in [4.78, 5) is 17.2. The molecule has 0 saturated carbocycles. The Labute approximate surface area is 212 Å². The van der Waals surface area contributed by atoms with Crippen molar-refractivity contribution >= 4 is 16.0 Å². The van der Waals surface area contributed by atoms with E-state index in [1.54, 1.807) is 6.07 Å². The number of aromatic nitrogens is 1. The summed E-state index contributed by atoms with van der Waals surface area (Å²) >= 11 is 0. The molecule has 0 bridgehead atoms. The van der Waals surface area contributed by atoms with Gasteiger partial charge in [-0.15, -0.1) is 0 Å². The van der Waals surface area contributed by atoms with Crippen molar-refractivity contribution in [1.82, 2.24) is 9.29 Å². The normalized spacial score (nSPS) is 19.1. The fourth-order valence-electron chi connectivity index (χ4n) is 5.15. The van der Waals surface area contributed by atoms with E-state index >= 15 is 0 Å². The average Bonchev–Trinajstić information content (AvgIpc) is 2.91. The van der Waals surface area contributed by atoms with Gasteiger partial charge in [-0.25, -0.2) is 17.7 Å². The van der Waals surface area contributed by atoms with Crippen LogP contribution in [0.3, 0.4) is 0 Å². The summed E-state index contributed by atoms with van der Waals surface area (Å²) in [7, 11) is -2.65. The Hall–Kier alpha value is -2.53. The molecule has 0 amide bonds. The van der Waals surface area contributed by atoms with Crippen LogP contribution in [0.5, 0.6) is 5.88 Å². The molecule has 2 aliphatic heterocycles. The molecule has 3 heterocycles. The molecule has 196 valence electrons. The first kappa shape index (κ1) is 26.5. The molecular formula is C26H34N2O7S. The minimum Gasteiger partial charge on any atom is -0.475 e. The third-order valence-electron chi connectivity index (χ3n) is 7.21. The van der Waals surface area contributed by atoms with Gasteiger partial charge in [-0.1, -0.05) is 24.3 Å². The van der Waals surface area contributed by atoms with Gasteiger partial charge in [-0.3, -0.25) is 4.79 Å². The molecule has 2 fully saturated rings. The van der Waals surface area contributed by atoms with E-state index in [9.17, 15) is 13.2 Å². The molecular weight excluding hydrogens is 484 g/mol. The van der Waals surface area contributed by atoms with Crippen LogP contribution in [-0.2, 0) is 24.3 Å².